The lowest BCUT2D eigenvalue weighted by Gasteiger charge is -2.34. The van der Waals surface area contributed by atoms with E-state index in [2.05, 4.69) is 15.2 Å². The van der Waals surface area contributed by atoms with Gasteiger partial charge in [0.2, 0.25) is 5.91 Å². The van der Waals surface area contributed by atoms with Gasteiger partial charge in [0.15, 0.2) is 0 Å². The molecule has 3 rings (SSSR count). The van der Waals surface area contributed by atoms with Crippen molar-refractivity contribution in [1.82, 2.24) is 9.88 Å². The van der Waals surface area contributed by atoms with Gasteiger partial charge in [0.25, 0.3) is 0 Å². The van der Waals surface area contributed by atoms with E-state index in [1.165, 1.54) is 6.07 Å². The van der Waals surface area contributed by atoms with Crippen LogP contribution in [-0.4, -0.2) is 28.9 Å². The van der Waals surface area contributed by atoms with Crippen molar-refractivity contribution in [2.75, 3.05) is 18.4 Å². The molecule has 1 N–H and O–H groups in total. The molecule has 4 nitrogen and oxygen atoms in total. The van der Waals surface area contributed by atoms with E-state index in [-0.39, 0.29) is 24.3 Å². The molecule has 1 aromatic carbocycles. The number of nitrogens with zero attached hydrogens (tertiary/aromatic N) is 2. The predicted octanol–water partition coefficient (Wildman–Crippen LogP) is 3.69. The standard InChI is InChI=1S/C19H22FN3O/c1-14-15(20)7-6-9-16(14)22-19(24)13-23-12-5-3-10-18(23)17-8-2-4-11-21-17/h2,4,6-9,11,18H,3,5,10,12-13H2,1H3,(H,22,24)/t18-/m0/s1. The van der Waals surface area contributed by atoms with Crippen LogP contribution in [-0.2, 0) is 4.79 Å². The van der Waals surface area contributed by atoms with Gasteiger partial charge in [0.05, 0.1) is 18.3 Å². The molecule has 1 atom stereocenters. The normalized spacial score (nSPS) is 18.3. The third-order valence-corrected chi connectivity index (χ3v) is 4.53. The highest BCUT2D eigenvalue weighted by atomic mass is 19.1. The Morgan fingerprint density at radius 2 is 2.17 bits per heavy atom. The fourth-order valence-electron chi connectivity index (χ4n) is 3.21. The number of hydrogen-bond acceptors (Lipinski definition) is 3. The fraction of sp³-hybridized carbons (Fsp3) is 0.368. The number of likely N-dealkylation sites (tertiary alicyclic amines) is 1. The minimum atomic E-state index is -0.308. The zero-order chi connectivity index (χ0) is 16.9. The summed E-state index contributed by atoms with van der Waals surface area (Å²) in [5.41, 5.74) is 2.00. The maximum absolute atomic E-state index is 13.6. The molecule has 0 radical (unpaired) electrons. The third kappa shape index (κ3) is 3.79. The maximum Gasteiger partial charge on any atom is 0.238 e. The minimum Gasteiger partial charge on any atom is -0.325 e. The molecule has 0 aliphatic carbocycles. The molecular formula is C19H22FN3O. The van der Waals surface area contributed by atoms with Crippen LogP contribution < -0.4 is 5.32 Å². The SMILES string of the molecule is Cc1c(F)cccc1NC(=O)CN1CCCC[C@H]1c1ccccn1. The molecule has 24 heavy (non-hydrogen) atoms. The molecule has 0 bridgehead atoms. The largest absolute Gasteiger partial charge is 0.325 e. The van der Waals surface area contributed by atoms with Gasteiger partial charge >= 0.3 is 0 Å². The first kappa shape index (κ1) is 16.6. The number of pyridine rings is 1. The molecule has 0 unspecified atom stereocenters. The van der Waals surface area contributed by atoms with Crippen LogP contribution in [0.25, 0.3) is 0 Å². The Kier molecular flexibility index (Phi) is 5.20. The Labute approximate surface area is 141 Å². The Morgan fingerprint density at radius 1 is 1.29 bits per heavy atom. The van der Waals surface area contributed by atoms with Gasteiger partial charge < -0.3 is 5.32 Å². The van der Waals surface area contributed by atoms with Crippen LogP contribution in [0, 0.1) is 12.7 Å². The predicted molar refractivity (Wildman–Crippen MR) is 92.2 cm³/mol. The van der Waals surface area contributed by atoms with Crippen LogP contribution in [0.4, 0.5) is 10.1 Å². The first-order valence-electron chi connectivity index (χ1n) is 8.35. The molecule has 126 valence electrons. The maximum atomic E-state index is 13.6. The smallest absolute Gasteiger partial charge is 0.238 e. The van der Waals surface area contributed by atoms with Gasteiger partial charge in [-0.3, -0.25) is 14.7 Å². The topological polar surface area (TPSA) is 45.2 Å². The van der Waals surface area contributed by atoms with Gasteiger partial charge in [-0.15, -0.1) is 0 Å². The Bertz CT molecular complexity index is 705. The second kappa shape index (κ2) is 7.53. The van der Waals surface area contributed by atoms with Crippen molar-refractivity contribution < 1.29 is 9.18 Å². The van der Waals surface area contributed by atoms with E-state index in [0.717, 1.165) is 31.5 Å². The highest BCUT2D eigenvalue weighted by Gasteiger charge is 2.26. The molecular weight excluding hydrogens is 305 g/mol. The highest BCUT2D eigenvalue weighted by Crippen LogP contribution is 2.29. The molecule has 1 amide bonds. The average molecular weight is 327 g/mol. The fourth-order valence-corrected chi connectivity index (χ4v) is 3.21. The Balaban J connectivity index is 1.69. The van der Waals surface area contributed by atoms with Gasteiger partial charge in [-0.05, 0) is 50.6 Å². The van der Waals surface area contributed by atoms with E-state index in [0.29, 0.717) is 11.3 Å². The zero-order valence-electron chi connectivity index (χ0n) is 13.8. The highest BCUT2D eigenvalue weighted by molar-refractivity contribution is 5.93. The lowest BCUT2D eigenvalue weighted by Crippen LogP contribution is -2.39. The second-order valence-corrected chi connectivity index (χ2v) is 6.20. The molecule has 0 spiro atoms. The molecule has 2 heterocycles. The van der Waals surface area contributed by atoms with Crippen LogP contribution in [0.15, 0.2) is 42.6 Å². The molecule has 1 aliphatic rings. The van der Waals surface area contributed by atoms with E-state index in [1.807, 2.05) is 18.2 Å². The summed E-state index contributed by atoms with van der Waals surface area (Å²) < 4.78 is 13.6. The van der Waals surface area contributed by atoms with Gasteiger partial charge in [0, 0.05) is 17.4 Å². The zero-order valence-corrected chi connectivity index (χ0v) is 13.8. The van der Waals surface area contributed by atoms with Crippen molar-refractivity contribution in [3.8, 4) is 0 Å². The quantitative estimate of drug-likeness (QED) is 0.931. The van der Waals surface area contributed by atoms with Crippen molar-refractivity contribution >= 4 is 11.6 Å². The minimum absolute atomic E-state index is 0.119. The van der Waals surface area contributed by atoms with Crippen LogP contribution in [0.1, 0.15) is 36.6 Å². The number of carbonyl (C=O) groups is 1. The van der Waals surface area contributed by atoms with Gasteiger partial charge in [-0.25, -0.2) is 4.39 Å². The number of amides is 1. The number of benzene rings is 1. The second-order valence-electron chi connectivity index (χ2n) is 6.20. The monoisotopic (exact) mass is 327 g/mol. The lowest BCUT2D eigenvalue weighted by molar-refractivity contribution is -0.118. The number of piperidine rings is 1. The van der Waals surface area contributed by atoms with Crippen molar-refractivity contribution in [1.29, 1.82) is 0 Å². The van der Waals surface area contributed by atoms with Crippen molar-refractivity contribution in [2.24, 2.45) is 0 Å². The van der Waals surface area contributed by atoms with E-state index in [1.54, 1.807) is 25.3 Å². The number of carbonyl (C=O) groups excluding carboxylic acids is 1. The van der Waals surface area contributed by atoms with Crippen LogP contribution in [0.2, 0.25) is 0 Å². The Hall–Kier alpha value is -2.27. The van der Waals surface area contributed by atoms with Gasteiger partial charge in [-0.1, -0.05) is 18.6 Å². The molecule has 1 aromatic heterocycles. The summed E-state index contributed by atoms with van der Waals surface area (Å²) in [6.07, 6.45) is 5.01. The first-order chi connectivity index (χ1) is 11.6. The van der Waals surface area contributed by atoms with Crippen LogP contribution >= 0.6 is 0 Å². The van der Waals surface area contributed by atoms with E-state index < -0.39 is 0 Å². The average Bonchev–Trinajstić information content (AvgIpc) is 2.60. The van der Waals surface area contributed by atoms with Crippen LogP contribution in [0.5, 0.6) is 0 Å². The molecule has 5 heteroatoms. The summed E-state index contributed by atoms with van der Waals surface area (Å²) in [5, 5.41) is 2.83. The van der Waals surface area contributed by atoms with Crippen LogP contribution in [0.3, 0.4) is 0 Å². The lowest BCUT2D eigenvalue weighted by atomic mass is 9.99. The van der Waals surface area contributed by atoms with E-state index in [4.69, 9.17) is 0 Å². The van der Waals surface area contributed by atoms with Crippen molar-refractivity contribution in [3.05, 3.63) is 59.7 Å². The summed E-state index contributed by atoms with van der Waals surface area (Å²) in [6.45, 7) is 2.83. The van der Waals surface area contributed by atoms with Gasteiger partial charge in [0.1, 0.15) is 5.82 Å². The summed E-state index contributed by atoms with van der Waals surface area (Å²) in [4.78, 5) is 19.0. The molecule has 1 aliphatic heterocycles. The van der Waals surface area contributed by atoms with Crippen molar-refractivity contribution in [3.63, 3.8) is 0 Å². The number of rotatable bonds is 4. The summed E-state index contributed by atoms with van der Waals surface area (Å²) in [5.74, 6) is -0.427. The molecule has 1 saturated heterocycles. The third-order valence-electron chi connectivity index (χ3n) is 4.53. The summed E-state index contributed by atoms with van der Waals surface area (Å²) in [6, 6.07) is 10.8. The first-order valence-corrected chi connectivity index (χ1v) is 8.35. The molecule has 0 saturated carbocycles. The van der Waals surface area contributed by atoms with E-state index >= 15 is 0 Å². The Morgan fingerprint density at radius 3 is 2.96 bits per heavy atom. The number of anilines is 1. The number of nitrogens with one attached hydrogen (secondary N) is 1. The number of aromatic nitrogens is 1. The van der Waals surface area contributed by atoms with E-state index in [9.17, 15) is 9.18 Å². The summed E-state index contributed by atoms with van der Waals surface area (Å²) >= 11 is 0. The van der Waals surface area contributed by atoms with Gasteiger partial charge in [-0.2, -0.15) is 0 Å². The molecule has 2 aromatic rings. The number of halogens is 1. The summed E-state index contributed by atoms with van der Waals surface area (Å²) in [7, 11) is 0. The molecule has 1 fully saturated rings. The number of hydrogen-bond donors (Lipinski definition) is 1. The van der Waals surface area contributed by atoms with Crippen molar-refractivity contribution in [2.45, 2.75) is 32.2 Å².